The second kappa shape index (κ2) is 10.9. The summed E-state index contributed by atoms with van der Waals surface area (Å²) in [6.07, 6.45) is 3.92. The molecule has 0 spiro atoms. The zero-order valence-corrected chi connectivity index (χ0v) is 23.9. The standard InChI is InChI=1S/C29H39N7O3/c1-17(2)35-15-19(5)39-29-27(20(6)32-34(29)7)21-8-10-24-23(14-21)25(31-30-24)11-9-22-26(16-35)36(12-13-37)33-28(22)38-18(3)4/h8-11,14,17-19,37H,12-13,15-16H2,1-7H3,(H,30,31)/b11-9+/t19-/m1/s1. The molecule has 10 nitrogen and oxygen atoms in total. The van der Waals surface area contributed by atoms with Gasteiger partial charge in [-0.3, -0.25) is 14.7 Å². The second-order valence-electron chi connectivity index (χ2n) is 10.8. The first-order valence-corrected chi connectivity index (χ1v) is 13.6. The third-order valence-corrected chi connectivity index (χ3v) is 7.07. The van der Waals surface area contributed by atoms with Crippen LogP contribution in [0.3, 0.4) is 0 Å². The van der Waals surface area contributed by atoms with Gasteiger partial charge < -0.3 is 14.6 Å². The van der Waals surface area contributed by atoms with Crippen LogP contribution in [0, 0.1) is 6.92 Å². The third-order valence-electron chi connectivity index (χ3n) is 7.07. The van der Waals surface area contributed by atoms with E-state index in [1.54, 1.807) is 0 Å². The Balaban J connectivity index is 1.73. The summed E-state index contributed by atoms with van der Waals surface area (Å²) in [5.74, 6) is 1.30. The Morgan fingerprint density at radius 2 is 1.97 bits per heavy atom. The number of ether oxygens (including phenoxy) is 2. The van der Waals surface area contributed by atoms with Crippen molar-refractivity contribution in [3.05, 3.63) is 40.8 Å². The number of aliphatic hydroxyl groups is 1. The van der Waals surface area contributed by atoms with Crippen molar-refractivity contribution >= 4 is 23.1 Å². The zero-order chi connectivity index (χ0) is 27.8. The van der Waals surface area contributed by atoms with Gasteiger partial charge in [0.15, 0.2) is 0 Å². The molecule has 2 bridgehead atoms. The second-order valence-corrected chi connectivity index (χ2v) is 10.8. The van der Waals surface area contributed by atoms with E-state index in [0.717, 1.165) is 50.6 Å². The minimum Gasteiger partial charge on any atom is -0.473 e. The van der Waals surface area contributed by atoms with Crippen LogP contribution in [-0.2, 0) is 20.1 Å². The summed E-state index contributed by atoms with van der Waals surface area (Å²) in [6.45, 7) is 14.1. The van der Waals surface area contributed by atoms with Gasteiger partial charge in [-0.25, -0.2) is 4.68 Å². The van der Waals surface area contributed by atoms with E-state index in [1.165, 1.54) is 0 Å². The SMILES string of the molecule is Cc1nn(C)c2c1-c1ccc3n[nH]c(c3c1)/C=C/c1c(OC(C)C)nn(CCO)c1CN(C(C)C)C[C@@H](C)O2. The first kappa shape index (κ1) is 27.0. The molecule has 208 valence electrons. The number of hydrogen-bond donors (Lipinski definition) is 2. The lowest BCUT2D eigenvalue weighted by Crippen LogP contribution is -2.39. The number of aromatic amines is 1. The number of nitrogens with one attached hydrogen (secondary N) is 1. The van der Waals surface area contributed by atoms with Crippen molar-refractivity contribution in [2.75, 3.05) is 13.2 Å². The van der Waals surface area contributed by atoms with Crippen molar-refractivity contribution < 1.29 is 14.6 Å². The Kier molecular flexibility index (Phi) is 7.51. The van der Waals surface area contributed by atoms with Crippen LogP contribution in [0.15, 0.2) is 18.2 Å². The normalized spacial score (nSPS) is 17.2. The van der Waals surface area contributed by atoms with E-state index < -0.39 is 0 Å². The minimum atomic E-state index is -0.112. The van der Waals surface area contributed by atoms with Crippen LogP contribution in [-0.4, -0.2) is 71.2 Å². The molecule has 1 aromatic carbocycles. The van der Waals surface area contributed by atoms with Crippen LogP contribution in [0.4, 0.5) is 0 Å². The average molecular weight is 534 g/mol. The van der Waals surface area contributed by atoms with E-state index in [2.05, 4.69) is 48.0 Å². The topological polar surface area (TPSA) is 106 Å². The number of rotatable bonds is 5. The lowest BCUT2D eigenvalue weighted by atomic mass is 10.0. The summed E-state index contributed by atoms with van der Waals surface area (Å²) < 4.78 is 16.5. The number of aryl methyl sites for hydroxylation is 2. The first-order valence-electron chi connectivity index (χ1n) is 13.6. The van der Waals surface area contributed by atoms with Crippen LogP contribution in [0.5, 0.6) is 11.8 Å². The molecular weight excluding hydrogens is 494 g/mol. The quantitative estimate of drug-likeness (QED) is 0.391. The summed E-state index contributed by atoms with van der Waals surface area (Å²) in [7, 11) is 1.92. The van der Waals surface area contributed by atoms with Crippen molar-refractivity contribution in [3.8, 4) is 22.9 Å². The fourth-order valence-electron chi connectivity index (χ4n) is 5.20. The molecule has 4 heterocycles. The molecule has 1 aliphatic rings. The van der Waals surface area contributed by atoms with Gasteiger partial charge in [0, 0.05) is 31.6 Å². The molecular formula is C29H39N7O3. The highest BCUT2D eigenvalue weighted by molar-refractivity contribution is 5.93. The Bertz CT molecular complexity index is 1490. The maximum absolute atomic E-state index is 9.84. The van der Waals surface area contributed by atoms with Gasteiger partial charge in [0.1, 0.15) is 6.10 Å². The molecule has 0 saturated carbocycles. The molecule has 2 N–H and O–H groups in total. The highest BCUT2D eigenvalue weighted by atomic mass is 16.5. The van der Waals surface area contributed by atoms with E-state index in [9.17, 15) is 5.11 Å². The summed E-state index contributed by atoms with van der Waals surface area (Å²) in [5, 5.41) is 28.0. The third kappa shape index (κ3) is 5.31. The summed E-state index contributed by atoms with van der Waals surface area (Å²) in [4.78, 5) is 2.36. The van der Waals surface area contributed by atoms with Gasteiger partial charge in [-0.05, 0) is 71.4 Å². The van der Waals surface area contributed by atoms with Crippen LogP contribution in [0.2, 0.25) is 0 Å². The van der Waals surface area contributed by atoms with Crippen molar-refractivity contribution in [2.24, 2.45) is 7.05 Å². The smallest absolute Gasteiger partial charge is 0.240 e. The molecule has 0 saturated heterocycles. The van der Waals surface area contributed by atoms with Gasteiger partial charge in [0.25, 0.3) is 0 Å². The number of benzene rings is 1. The van der Waals surface area contributed by atoms with E-state index in [-0.39, 0.29) is 24.9 Å². The Morgan fingerprint density at radius 3 is 2.69 bits per heavy atom. The van der Waals surface area contributed by atoms with Crippen LogP contribution < -0.4 is 9.47 Å². The zero-order valence-electron chi connectivity index (χ0n) is 23.9. The van der Waals surface area contributed by atoms with Gasteiger partial charge in [0.05, 0.1) is 53.0 Å². The van der Waals surface area contributed by atoms with Crippen molar-refractivity contribution in [2.45, 2.75) is 72.9 Å². The number of nitrogens with zero attached hydrogens (tertiary/aromatic N) is 6. The highest BCUT2D eigenvalue weighted by Crippen LogP contribution is 2.36. The molecule has 0 aliphatic carbocycles. The van der Waals surface area contributed by atoms with Crippen LogP contribution in [0.1, 0.15) is 57.3 Å². The van der Waals surface area contributed by atoms with Gasteiger partial charge in [-0.15, -0.1) is 5.10 Å². The molecule has 4 aromatic rings. The van der Waals surface area contributed by atoms with Crippen molar-refractivity contribution in [1.82, 2.24) is 34.7 Å². The maximum Gasteiger partial charge on any atom is 0.240 e. The number of hydrogen-bond acceptors (Lipinski definition) is 7. The van der Waals surface area contributed by atoms with Crippen LogP contribution >= 0.6 is 0 Å². The van der Waals surface area contributed by atoms with Crippen molar-refractivity contribution in [3.63, 3.8) is 0 Å². The molecule has 1 atom stereocenters. The largest absolute Gasteiger partial charge is 0.473 e. The molecule has 10 heteroatoms. The molecule has 0 radical (unpaired) electrons. The number of fused-ring (bicyclic) bond motifs is 4. The molecule has 1 aliphatic heterocycles. The van der Waals surface area contributed by atoms with E-state index in [1.807, 2.05) is 55.4 Å². The lowest BCUT2D eigenvalue weighted by Gasteiger charge is -2.30. The molecule has 3 aromatic heterocycles. The fourth-order valence-corrected chi connectivity index (χ4v) is 5.20. The van der Waals surface area contributed by atoms with Crippen molar-refractivity contribution in [1.29, 1.82) is 0 Å². The number of H-pyrrole nitrogens is 1. The Morgan fingerprint density at radius 1 is 1.18 bits per heavy atom. The number of aliphatic hydroxyl groups excluding tert-OH is 1. The van der Waals surface area contributed by atoms with E-state index >= 15 is 0 Å². The highest BCUT2D eigenvalue weighted by Gasteiger charge is 2.26. The molecule has 0 unspecified atom stereocenters. The Labute approximate surface area is 229 Å². The fraction of sp³-hybridized carbons (Fsp3) is 0.483. The predicted octanol–water partition coefficient (Wildman–Crippen LogP) is 4.41. The van der Waals surface area contributed by atoms with Gasteiger partial charge in [-0.2, -0.15) is 10.2 Å². The van der Waals surface area contributed by atoms with E-state index in [0.29, 0.717) is 25.5 Å². The van der Waals surface area contributed by atoms with Crippen LogP contribution in [0.25, 0.3) is 34.2 Å². The first-order chi connectivity index (χ1) is 18.7. The monoisotopic (exact) mass is 533 g/mol. The molecule has 0 amide bonds. The summed E-state index contributed by atoms with van der Waals surface area (Å²) in [6, 6.07) is 6.48. The predicted molar refractivity (Wildman–Crippen MR) is 153 cm³/mol. The minimum absolute atomic E-state index is 0.0171. The van der Waals surface area contributed by atoms with Gasteiger partial charge in [-0.1, -0.05) is 6.07 Å². The molecule has 39 heavy (non-hydrogen) atoms. The van der Waals surface area contributed by atoms with Gasteiger partial charge >= 0.3 is 0 Å². The van der Waals surface area contributed by atoms with Gasteiger partial charge in [0.2, 0.25) is 11.8 Å². The molecule has 5 rings (SSSR count). The summed E-state index contributed by atoms with van der Waals surface area (Å²) >= 11 is 0. The average Bonchev–Trinajstić information content (AvgIpc) is 3.50. The summed E-state index contributed by atoms with van der Waals surface area (Å²) in [5.41, 5.74) is 6.57. The number of aromatic nitrogens is 6. The lowest BCUT2D eigenvalue weighted by molar-refractivity contribution is 0.109. The van der Waals surface area contributed by atoms with E-state index in [4.69, 9.17) is 19.7 Å². The molecule has 0 fully saturated rings. The maximum atomic E-state index is 9.84. The Hall–Kier alpha value is -3.63.